The summed E-state index contributed by atoms with van der Waals surface area (Å²) in [4.78, 5) is 0. The van der Waals surface area contributed by atoms with Crippen molar-refractivity contribution in [3.8, 4) is 0 Å². The first-order chi connectivity index (χ1) is 4.86. The van der Waals surface area contributed by atoms with Crippen LogP contribution in [0.1, 0.15) is 5.56 Å². The predicted molar refractivity (Wildman–Crippen MR) is 40.6 cm³/mol. The number of aromatic nitrogens is 1. The Morgan fingerprint density at radius 2 is 2.50 bits per heavy atom. The van der Waals surface area contributed by atoms with Crippen LogP contribution >= 0.6 is 0 Å². The third-order valence-corrected chi connectivity index (χ3v) is 1.33. The van der Waals surface area contributed by atoms with Crippen LogP contribution in [0, 0.1) is 0 Å². The van der Waals surface area contributed by atoms with Gasteiger partial charge in [0.05, 0.1) is 6.61 Å². The number of nitrogens with zero attached hydrogens (tertiary/aromatic N) is 1. The zero-order chi connectivity index (χ0) is 7.40. The van der Waals surface area contributed by atoms with Crippen molar-refractivity contribution >= 4 is 0 Å². The predicted octanol–water partition coefficient (Wildman–Crippen LogP) is 1.17. The molecule has 1 heterocycles. The fourth-order valence-corrected chi connectivity index (χ4v) is 0.847. The fourth-order valence-electron chi connectivity index (χ4n) is 0.847. The Balaban J connectivity index is 2.67. The van der Waals surface area contributed by atoms with E-state index in [4.69, 9.17) is 5.11 Å². The third kappa shape index (κ3) is 1.48. The molecule has 0 aliphatic heterocycles. The van der Waals surface area contributed by atoms with E-state index in [0.717, 1.165) is 12.1 Å². The smallest absolute Gasteiger partial charge is 0.0696 e. The van der Waals surface area contributed by atoms with Crippen LogP contribution in [0.15, 0.2) is 31.1 Å². The largest absolute Gasteiger partial charge is 0.392 e. The number of rotatable bonds is 3. The molecular formula is C8H11NO. The lowest BCUT2D eigenvalue weighted by Gasteiger charge is -1.93. The molecule has 0 atom stereocenters. The first kappa shape index (κ1) is 7.09. The van der Waals surface area contributed by atoms with Crippen LogP contribution in [0.2, 0.25) is 0 Å². The maximum absolute atomic E-state index is 8.68. The van der Waals surface area contributed by atoms with Gasteiger partial charge in [-0.1, -0.05) is 6.08 Å². The van der Waals surface area contributed by atoms with Gasteiger partial charge < -0.3 is 9.67 Å². The van der Waals surface area contributed by atoms with E-state index in [2.05, 4.69) is 6.58 Å². The molecule has 0 fully saturated rings. The zero-order valence-electron chi connectivity index (χ0n) is 5.83. The highest BCUT2D eigenvalue weighted by Crippen LogP contribution is 1.99. The van der Waals surface area contributed by atoms with Crippen molar-refractivity contribution in [2.45, 2.75) is 13.2 Å². The van der Waals surface area contributed by atoms with E-state index in [9.17, 15) is 0 Å². The summed E-state index contributed by atoms with van der Waals surface area (Å²) in [5.41, 5.74) is 0.946. The van der Waals surface area contributed by atoms with Crippen LogP contribution in [0.3, 0.4) is 0 Å². The summed E-state index contributed by atoms with van der Waals surface area (Å²) in [5, 5.41) is 8.68. The van der Waals surface area contributed by atoms with Gasteiger partial charge in [0, 0.05) is 18.9 Å². The van der Waals surface area contributed by atoms with Gasteiger partial charge in [-0.05, 0) is 11.6 Å². The Bertz CT molecular complexity index is 215. The second-order valence-electron chi connectivity index (χ2n) is 2.16. The van der Waals surface area contributed by atoms with Gasteiger partial charge in [-0.25, -0.2) is 0 Å². The summed E-state index contributed by atoms with van der Waals surface area (Å²) in [6.45, 7) is 4.53. The highest BCUT2D eigenvalue weighted by molar-refractivity contribution is 5.08. The minimum absolute atomic E-state index is 0.115. The number of allylic oxidation sites excluding steroid dienone is 1. The Morgan fingerprint density at radius 3 is 3.00 bits per heavy atom. The van der Waals surface area contributed by atoms with E-state index in [-0.39, 0.29) is 6.61 Å². The summed E-state index contributed by atoms with van der Waals surface area (Å²) in [6.07, 6.45) is 5.65. The number of hydrogen-bond acceptors (Lipinski definition) is 1. The first-order valence-electron chi connectivity index (χ1n) is 3.23. The summed E-state index contributed by atoms with van der Waals surface area (Å²) >= 11 is 0. The Morgan fingerprint density at radius 1 is 1.70 bits per heavy atom. The van der Waals surface area contributed by atoms with Crippen LogP contribution in [-0.2, 0) is 13.2 Å². The number of hydrogen-bond donors (Lipinski definition) is 1. The second-order valence-corrected chi connectivity index (χ2v) is 2.16. The van der Waals surface area contributed by atoms with Gasteiger partial charge in [0.1, 0.15) is 0 Å². The van der Waals surface area contributed by atoms with Crippen molar-refractivity contribution in [3.63, 3.8) is 0 Å². The normalized spacial score (nSPS) is 9.70. The molecule has 0 saturated heterocycles. The Labute approximate surface area is 60.4 Å². The molecule has 0 aliphatic rings. The lowest BCUT2D eigenvalue weighted by molar-refractivity contribution is 0.282. The van der Waals surface area contributed by atoms with Crippen LogP contribution in [0.25, 0.3) is 0 Å². The molecule has 0 saturated carbocycles. The average molecular weight is 137 g/mol. The minimum atomic E-state index is 0.115. The molecule has 0 unspecified atom stereocenters. The average Bonchev–Trinajstić information content (AvgIpc) is 2.37. The van der Waals surface area contributed by atoms with E-state index in [1.165, 1.54) is 0 Å². The third-order valence-electron chi connectivity index (χ3n) is 1.33. The number of aliphatic hydroxyl groups excluding tert-OH is 1. The fraction of sp³-hybridized carbons (Fsp3) is 0.250. The van der Waals surface area contributed by atoms with Crippen LogP contribution in [-0.4, -0.2) is 9.67 Å². The Kier molecular flexibility index (Phi) is 2.29. The molecule has 0 spiro atoms. The molecule has 1 aromatic heterocycles. The molecule has 1 N–H and O–H groups in total. The summed E-state index contributed by atoms with van der Waals surface area (Å²) in [5.74, 6) is 0. The van der Waals surface area contributed by atoms with Crippen LogP contribution < -0.4 is 0 Å². The standard InChI is InChI=1S/C8H11NO/c1-2-4-9-5-3-8(6-9)7-10/h2-3,5-6,10H,1,4,7H2. The highest BCUT2D eigenvalue weighted by Gasteiger charge is 1.91. The van der Waals surface area contributed by atoms with Crippen molar-refractivity contribution in [1.29, 1.82) is 0 Å². The van der Waals surface area contributed by atoms with Crippen LogP contribution in [0.5, 0.6) is 0 Å². The maximum Gasteiger partial charge on any atom is 0.0696 e. The highest BCUT2D eigenvalue weighted by atomic mass is 16.3. The molecule has 10 heavy (non-hydrogen) atoms. The molecule has 54 valence electrons. The van der Waals surface area contributed by atoms with Crippen molar-refractivity contribution in [2.75, 3.05) is 0 Å². The quantitative estimate of drug-likeness (QED) is 0.621. The van der Waals surface area contributed by atoms with Crippen molar-refractivity contribution < 1.29 is 5.11 Å². The van der Waals surface area contributed by atoms with Gasteiger partial charge in [-0.15, -0.1) is 6.58 Å². The van der Waals surface area contributed by atoms with E-state index in [0.29, 0.717) is 0 Å². The van der Waals surface area contributed by atoms with Crippen LogP contribution in [0.4, 0.5) is 0 Å². The lowest BCUT2D eigenvalue weighted by Crippen LogP contribution is -1.88. The van der Waals surface area contributed by atoms with Crippen molar-refractivity contribution in [2.24, 2.45) is 0 Å². The zero-order valence-corrected chi connectivity index (χ0v) is 5.83. The minimum Gasteiger partial charge on any atom is -0.392 e. The monoisotopic (exact) mass is 137 g/mol. The van der Waals surface area contributed by atoms with Gasteiger partial charge in [0.2, 0.25) is 0 Å². The first-order valence-corrected chi connectivity index (χ1v) is 3.23. The lowest BCUT2D eigenvalue weighted by atomic mass is 10.4. The molecule has 0 amide bonds. The summed E-state index contributed by atoms with van der Waals surface area (Å²) < 4.78 is 1.97. The van der Waals surface area contributed by atoms with Gasteiger partial charge >= 0.3 is 0 Å². The molecule has 0 aliphatic carbocycles. The SMILES string of the molecule is C=CCn1ccc(CO)c1. The topological polar surface area (TPSA) is 25.2 Å². The summed E-state index contributed by atoms with van der Waals surface area (Å²) in [6, 6.07) is 1.89. The van der Waals surface area contributed by atoms with E-state index < -0.39 is 0 Å². The molecule has 0 bridgehead atoms. The summed E-state index contributed by atoms with van der Waals surface area (Å²) in [7, 11) is 0. The molecule has 1 rings (SSSR count). The molecule has 0 radical (unpaired) electrons. The van der Waals surface area contributed by atoms with Gasteiger partial charge in [-0.2, -0.15) is 0 Å². The molecule has 2 heteroatoms. The van der Waals surface area contributed by atoms with Gasteiger partial charge in [-0.3, -0.25) is 0 Å². The van der Waals surface area contributed by atoms with E-state index in [1.54, 1.807) is 0 Å². The molecule has 0 aromatic carbocycles. The van der Waals surface area contributed by atoms with Crippen molar-refractivity contribution in [3.05, 3.63) is 36.7 Å². The second kappa shape index (κ2) is 3.22. The molecule has 2 nitrogen and oxygen atoms in total. The molecular weight excluding hydrogens is 126 g/mol. The van der Waals surface area contributed by atoms with Crippen molar-refractivity contribution in [1.82, 2.24) is 4.57 Å². The maximum atomic E-state index is 8.68. The molecule has 1 aromatic rings. The number of aliphatic hydroxyl groups is 1. The van der Waals surface area contributed by atoms with Gasteiger partial charge in [0.15, 0.2) is 0 Å². The van der Waals surface area contributed by atoms with Gasteiger partial charge in [0.25, 0.3) is 0 Å². The Hall–Kier alpha value is -1.02. The van der Waals surface area contributed by atoms with E-state index in [1.807, 2.05) is 29.1 Å². The van der Waals surface area contributed by atoms with E-state index >= 15 is 0 Å².